The Balaban J connectivity index is 2.43. The summed E-state index contributed by atoms with van der Waals surface area (Å²) in [7, 11) is 0. The van der Waals surface area contributed by atoms with Gasteiger partial charge in [-0.15, -0.1) is 11.6 Å². The average molecular weight is 244 g/mol. The van der Waals surface area contributed by atoms with Crippen molar-refractivity contribution in [3.63, 3.8) is 0 Å². The number of halogens is 2. The number of hydrogen-bond donors (Lipinski definition) is 1. The lowest BCUT2D eigenvalue weighted by molar-refractivity contribution is 0.545. The summed E-state index contributed by atoms with van der Waals surface area (Å²) >= 11 is 6.12. The lowest BCUT2D eigenvalue weighted by atomic mass is 10.1. The minimum absolute atomic E-state index is 0.140. The topological polar surface area (TPSA) is 12.0 Å². The quantitative estimate of drug-likeness (QED) is 0.781. The van der Waals surface area contributed by atoms with Gasteiger partial charge in [0.05, 0.1) is 0 Å². The lowest BCUT2D eigenvalue weighted by Gasteiger charge is -2.14. The molecular weight excluding hydrogens is 225 g/mol. The Morgan fingerprint density at radius 3 is 2.62 bits per heavy atom. The van der Waals surface area contributed by atoms with Crippen molar-refractivity contribution in [1.29, 1.82) is 0 Å². The SMILES string of the molecule is Cc1cc(F)ccc1CNCC(Cl)C(C)C. The summed E-state index contributed by atoms with van der Waals surface area (Å²) in [6.07, 6.45) is 0. The standard InChI is InChI=1S/C13H19ClFN/c1-9(2)13(14)8-16-7-11-4-5-12(15)6-10(11)3/h4-6,9,13,16H,7-8H2,1-3H3. The molecule has 0 aliphatic carbocycles. The third-order valence-electron chi connectivity index (χ3n) is 2.68. The van der Waals surface area contributed by atoms with Gasteiger partial charge in [0, 0.05) is 18.5 Å². The zero-order valence-electron chi connectivity index (χ0n) is 10.1. The second-order valence-corrected chi connectivity index (χ2v) is 5.02. The van der Waals surface area contributed by atoms with E-state index in [0.29, 0.717) is 5.92 Å². The molecule has 0 aliphatic rings. The molecule has 0 heterocycles. The van der Waals surface area contributed by atoms with Crippen molar-refractivity contribution in [2.45, 2.75) is 32.7 Å². The Morgan fingerprint density at radius 1 is 1.38 bits per heavy atom. The molecule has 1 aromatic rings. The molecule has 1 atom stereocenters. The molecule has 0 amide bonds. The molecule has 0 saturated heterocycles. The van der Waals surface area contributed by atoms with E-state index in [2.05, 4.69) is 19.2 Å². The van der Waals surface area contributed by atoms with Crippen molar-refractivity contribution in [3.8, 4) is 0 Å². The van der Waals surface area contributed by atoms with E-state index in [1.54, 1.807) is 6.07 Å². The number of nitrogens with one attached hydrogen (secondary N) is 1. The number of hydrogen-bond acceptors (Lipinski definition) is 1. The summed E-state index contributed by atoms with van der Waals surface area (Å²) in [6, 6.07) is 4.86. The Bertz CT molecular complexity index is 339. The summed E-state index contributed by atoms with van der Waals surface area (Å²) < 4.78 is 12.9. The molecule has 1 N–H and O–H groups in total. The van der Waals surface area contributed by atoms with Crippen molar-refractivity contribution in [2.75, 3.05) is 6.54 Å². The molecule has 0 aliphatic heterocycles. The Morgan fingerprint density at radius 2 is 2.06 bits per heavy atom. The van der Waals surface area contributed by atoms with Crippen LogP contribution in [0.25, 0.3) is 0 Å². The predicted molar refractivity (Wildman–Crippen MR) is 67.3 cm³/mol. The van der Waals surface area contributed by atoms with Crippen LogP contribution in [-0.4, -0.2) is 11.9 Å². The smallest absolute Gasteiger partial charge is 0.123 e. The first-order valence-corrected chi connectivity index (χ1v) is 6.04. The van der Waals surface area contributed by atoms with Crippen LogP contribution < -0.4 is 5.32 Å². The molecule has 0 aromatic heterocycles. The molecule has 0 radical (unpaired) electrons. The summed E-state index contributed by atoms with van der Waals surface area (Å²) in [5.41, 5.74) is 2.09. The first-order chi connectivity index (χ1) is 7.50. The third-order valence-corrected chi connectivity index (χ3v) is 3.34. The highest BCUT2D eigenvalue weighted by atomic mass is 35.5. The van der Waals surface area contributed by atoms with Gasteiger partial charge < -0.3 is 5.32 Å². The average Bonchev–Trinajstić information content (AvgIpc) is 2.20. The van der Waals surface area contributed by atoms with E-state index in [1.165, 1.54) is 6.07 Å². The van der Waals surface area contributed by atoms with Gasteiger partial charge in [0.25, 0.3) is 0 Å². The second kappa shape index (κ2) is 6.21. The van der Waals surface area contributed by atoms with E-state index in [4.69, 9.17) is 11.6 Å². The van der Waals surface area contributed by atoms with Gasteiger partial charge in [-0.2, -0.15) is 0 Å². The fourth-order valence-electron chi connectivity index (χ4n) is 1.44. The Hall–Kier alpha value is -0.600. The van der Waals surface area contributed by atoms with Crippen LogP contribution in [0.1, 0.15) is 25.0 Å². The minimum atomic E-state index is -0.182. The fraction of sp³-hybridized carbons (Fsp3) is 0.538. The van der Waals surface area contributed by atoms with Crippen LogP contribution in [0.5, 0.6) is 0 Å². The first-order valence-electron chi connectivity index (χ1n) is 5.60. The van der Waals surface area contributed by atoms with Crippen LogP contribution in [0.4, 0.5) is 4.39 Å². The van der Waals surface area contributed by atoms with E-state index in [9.17, 15) is 4.39 Å². The molecule has 3 heteroatoms. The van der Waals surface area contributed by atoms with E-state index in [1.807, 2.05) is 13.0 Å². The first kappa shape index (κ1) is 13.5. The molecular formula is C13H19ClFN. The molecule has 0 bridgehead atoms. The van der Waals surface area contributed by atoms with E-state index >= 15 is 0 Å². The molecule has 1 unspecified atom stereocenters. The van der Waals surface area contributed by atoms with Gasteiger partial charge in [0.1, 0.15) is 5.82 Å². The van der Waals surface area contributed by atoms with Crippen molar-refractivity contribution in [3.05, 3.63) is 35.1 Å². The molecule has 0 saturated carbocycles. The van der Waals surface area contributed by atoms with Crippen LogP contribution in [0, 0.1) is 18.7 Å². The maximum atomic E-state index is 12.9. The van der Waals surface area contributed by atoms with Crippen molar-refractivity contribution >= 4 is 11.6 Å². The van der Waals surface area contributed by atoms with Gasteiger partial charge in [-0.1, -0.05) is 19.9 Å². The van der Waals surface area contributed by atoms with E-state index < -0.39 is 0 Å². The highest BCUT2D eigenvalue weighted by Gasteiger charge is 2.08. The zero-order chi connectivity index (χ0) is 12.1. The normalized spacial score (nSPS) is 13.1. The van der Waals surface area contributed by atoms with Gasteiger partial charge in [-0.25, -0.2) is 4.39 Å². The van der Waals surface area contributed by atoms with Crippen molar-refractivity contribution in [2.24, 2.45) is 5.92 Å². The summed E-state index contributed by atoms with van der Waals surface area (Å²) in [5, 5.41) is 3.43. The lowest BCUT2D eigenvalue weighted by Crippen LogP contribution is -2.26. The highest BCUT2D eigenvalue weighted by molar-refractivity contribution is 6.20. The number of alkyl halides is 1. The summed E-state index contributed by atoms with van der Waals surface area (Å²) in [4.78, 5) is 0. The van der Waals surface area contributed by atoms with Gasteiger partial charge in [0.2, 0.25) is 0 Å². The van der Waals surface area contributed by atoms with E-state index in [0.717, 1.165) is 24.2 Å². The monoisotopic (exact) mass is 243 g/mol. The molecule has 1 nitrogen and oxygen atoms in total. The van der Waals surface area contributed by atoms with Gasteiger partial charge in [-0.3, -0.25) is 0 Å². The van der Waals surface area contributed by atoms with Crippen LogP contribution in [0.2, 0.25) is 0 Å². The highest BCUT2D eigenvalue weighted by Crippen LogP contribution is 2.11. The summed E-state index contributed by atoms with van der Waals surface area (Å²) in [6.45, 7) is 7.63. The maximum Gasteiger partial charge on any atom is 0.123 e. The van der Waals surface area contributed by atoms with Gasteiger partial charge >= 0.3 is 0 Å². The molecule has 16 heavy (non-hydrogen) atoms. The van der Waals surface area contributed by atoms with Crippen LogP contribution >= 0.6 is 11.6 Å². The number of rotatable bonds is 5. The molecule has 1 aromatic carbocycles. The number of benzene rings is 1. The van der Waals surface area contributed by atoms with Crippen molar-refractivity contribution in [1.82, 2.24) is 5.32 Å². The Kier molecular flexibility index (Phi) is 5.23. The molecule has 90 valence electrons. The molecule has 1 rings (SSSR count). The maximum absolute atomic E-state index is 12.9. The van der Waals surface area contributed by atoms with Crippen LogP contribution in [0.15, 0.2) is 18.2 Å². The Labute approximate surface area is 102 Å². The predicted octanol–water partition coefficient (Wildman–Crippen LogP) is 3.49. The fourth-order valence-corrected chi connectivity index (χ4v) is 1.55. The largest absolute Gasteiger partial charge is 0.311 e. The zero-order valence-corrected chi connectivity index (χ0v) is 10.8. The van der Waals surface area contributed by atoms with Crippen LogP contribution in [-0.2, 0) is 6.54 Å². The molecule has 0 fully saturated rings. The van der Waals surface area contributed by atoms with Gasteiger partial charge in [-0.05, 0) is 36.1 Å². The third kappa shape index (κ3) is 4.11. The van der Waals surface area contributed by atoms with Crippen LogP contribution in [0.3, 0.4) is 0 Å². The number of aryl methyl sites for hydroxylation is 1. The minimum Gasteiger partial charge on any atom is -0.311 e. The van der Waals surface area contributed by atoms with E-state index in [-0.39, 0.29) is 11.2 Å². The van der Waals surface area contributed by atoms with Gasteiger partial charge in [0.15, 0.2) is 0 Å². The van der Waals surface area contributed by atoms with Crippen molar-refractivity contribution < 1.29 is 4.39 Å². The molecule has 0 spiro atoms. The second-order valence-electron chi connectivity index (χ2n) is 4.46. The summed E-state index contributed by atoms with van der Waals surface area (Å²) in [5.74, 6) is 0.280.